The van der Waals surface area contributed by atoms with Crippen molar-refractivity contribution < 1.29 is 4.79 Å². The molecule has 0 radical (unpaired) electrons. The lowest BCUT2D eigenvalue weighted by atomic mass is 10.1. The molecule has 1 heterocycles. The van der Waals surface area contributed by atoms with Gasteiger partial charge >= 0.3 is 0 Å². The molecule has 17 heavy (non-hydrogen) atoms. The quantitative estimate of drug-likeness (QED) is 0.855. The third-order valence-electron chi connectivity index (χ3n) is 2.50. The summed E-state index contributed by atoms with van der Waals surface area (Å²) < 4.78 is 0. The summed E-state index contributed by atoms with van der Waals surface area (Å²) in [5.74, 6) is -0.0876. The average molecular weight is 226 g/mol. The molecule has 1 N–H and O–H groups in total. The summed E-state index contributed by atoms with van der Waals surface area (Å²) in [7, 11) is 0. The summed E-state index contributed by atoms with van der Waals surface area (Å²) in [5, 5.41) is 2.70. The van der Waals surface area contributed by atoms with Gasteiger partial charge in [0.15, 0.2) is 0 Å². The summed E-state index contributed by atoms with van der Waals surface area (Å²) in [6.07, 6.45) is 1.67. The summed E-state index contributed by atoms with van der Waals surface area (Å²) >= 11 is 0. The van der Waals surface area contributed by atoms with Crippen molar-refractivity contribution >= 4 is 11.6 Å². The molecular weight excluding hydrogens is 212 g/mol. The first-order chi connectivity index (χ1) is 8.16. The van der Waals surface area contributed by atoms with Crippen molar-refractivity contribution in [2.24, 2.45) is 0 Å². The lowest BCUT2D eigenvalue weighted by Crippen LogP contribution is -2.05. The van der Waals surface area contributed by atoms with Gasteiger partial charge in [-0.15, -0.1) is 0 Å². The molecule has 1 amide bonds. The fourth-order valence-corrected chi connectivity index (χ4v) is 1.69. The van der Waals surface area contributed by atoms with Gasteiger partial charge in [-0.1, -0.05) is 24.3 Å². The molecule has 2 rings (SSSR count). The number of rotatable bonds is 2. The van der Waals surface area contributed by atoms with Gasteiger partial charge in [0, 0.05) is 12.5 Å². The van der Waals surface area contributed by atoms with E-state index in [-0.39, 0.29) is 5.91 Å². The Bertz CT molecular complexity index is 532. The highest BCUT2D eigenvalue weighted by molar-refractivity contribution is 5.88. The van der Waals surface area contributed by atoms with Gasteiger partial charge in [-0.3, -0.25) is 9.78 Å². The molecule has 0 bridgehead atoms. The van der Waals surface area contributed by atoms with Gasteiger partial charge in [-0.05, 0) is 24.6 Å². The highest BCUT2D eigenvalue weighted by Gasteiger charge is 2.02. The van der Waals surface area contributed by atoms with Crippen LogP contribution in [0.2, 0.25) is 0 Å². The maximum absolute atomic E-state index is 10.9. The maximum Gasteiger partial charge on any atom is 0.221 e. The van der Waals surface area contributed by atoms with Gasteiger partial charge in [0.1, 0.15) is 0 Å². The Hall–Kier alpha value is -2.16. The van der Waals surface area contributed by atoms with E-state index in [1.54, 1.807) is 6.20 Å². The number of aryl methyl sites for hydroxylation is 1. The van der Waals surface area contributed by atoms with E-state index in [2.05, 4.69) is 23.3 Å². The largest absolute Gasteiger partial charge is 0.325 e. The Morgan fingerprint density at radius 2 is 1.94 bits per heavy atom. The van der Waals surface area contributed by atoms with Crippen LogP contribution in [0.5, 0.6) is 0 Å². The van der Waals surface area contributed by atoms with Gasteiger partial charge in [0.05, 0.1) is 17.6 Å². The van der Waals surface area contributed by atoms with E-state index >= 15 is 0 Å². The Labute approximate surface area is 101 Å². The number of hydrogen-bond acceptors (Lipinski definition) is 2. The van der Waals surface area contributed by atoms with Crippen LogP contribution in [0.15, 0.2) is 42.6 Å². The molecule has 0 unspecified atom stereocenters. The van der Waals surface area contributed by atoms with Crippen LogP contribution in [0, 0.1) is 6.92 Å². The molecule has 1 aromatic carbocycles. The van der Waals surface area contributed by atoms with Crippen LogP contribution in [0.25, 0.3) is 11.3 Å². The molecule has 3 heteroatoms. The number of carbonyl (C=O) groups excluding carboxylic acids is 1. The van der Waals surface area contributed by atoms with Crippen molar-refractivity contribution in [3.8, 4) is 11.3 Å². The fourth-order valence-electron chi connectivity index (χ4n) is 1.69. The van der Waals surface area contributed by atoms with E-state index < -0.39 is 0 Å². The van der Waals surface area contributed by atoms with E-state index in [1.165, 1.54) is 12.5 Å². The highest BCUT2D eigenvalue weighted by atomic mass is 16.1. The van der Waals surface area contributed by atoms with Crippen LogP contribution >= 0.6 is 0 Å². The number of aromatic nitrogens is 1. The molecular formula is C14H14N2O. The monoisotopic (exact) mass is 226 g/mol. The predicted octanol–water partition coefficient (Wildman–Crippen LogP) is 3.02. The van der Waals surface area contributed by atoms with Crippen LogP contribution in [0.1, 0.15) is 12.5 Å². The Morgan fingerprint density at radius 1 is 1.18 bits per heavy atom. The molecule has 3 nitrogen and oxygen atoms in total. The molecule has 0 aliphatic carbocycles. The second kappa shape index (κ2) is 4.78. The molecule has 1 aromatic heterocycles. The summed E-state index contributed by atoms with van der Waals surface area (Å²) in [5.41, 5.74) is 3.93. The average Bonchev–Trinajstić information content (AvgIpc) is 2.30. The second-order valence-electron chi connectivity index (χ2n) is 3.93. The Morgan fingerprint density at radius 3 is 2.53 bits per heavy atom. The first kappa shape index (κ1) is 11.3. The lowest BCUT2D eigenvalue weighted by molar-refractivity contribution is -0.114. The number of nitrogens with zero attached hydrogens (tertiary/aromatic N) is 1. The molecule has 0 fully saturated rings. The first-order valence-corrected chi connectivity index (χ1v) is 5.46. The fraction of sp³-hybridized carbons (Fsp3) is 0.143. The number of nitrogens with one attached hydrogen (secondary N) is 1. The Kier molecular flexibility index (Phi) is 3.19. The molecule has 0 aliphatic heterocycles. The van der Waals surface area contributed by atoms with E-state index in [0.717, 1.165) is 16.9 Å². The van der Waals surface area contributed by atoms with Gasteiger partial charge in [0.2, 0.25) is 5.91 Å². The van der Waals surface area contributed by atoms with Crippen LogP contribution in [0.3, 0.4) is 0 Å². The minimum atomic E-state index is -0.0876. The van der Waals surface area contributed by atoms with Gasteiger partial charge < -0.3 is 5.32 Å². The van der Waals surface area contributed by atoms with Crippen LogP contribution in [-0.2, 0) is 4.79 Å². The van der Waals surface area contributed by atoms with Crippen molar-refractivity contribution in [2.45, 2.75) is 13.8 Å². The second-order valence-corrected chi connectivity index (χ2v) is 3.93. The molecule has 0 aliphatic rings. The minimum absolute atomic E-state index is 0.0876. The third kappa shape index (κ3) is 2.69. The van der Waals surface area contributed by atoms with E-state index in [9.17, 15) is 4.79 Å². The third-order valence-corrected chi connectivity index (χ3v) is 2.50. The van der Waals surface area contributed by atoms with Crippen LogP contribution in [-0.4, -0.2) is 10.9 Å². The molecule has 2 aromatic rings. The van der Waals surface area contributed by atoms with E-state index in [0.29, 0.717) is 0 Å². The number of carbonyl (C=O) groups is 1. The summed E-state index contributed by atoms with van der Waals surface area (Å²) in [4.78, 5) is 15.2. The molecule has 0 saturated carbocycles. The number of hydrogen-bond donors (Lipinski definition) is 1. The SMILES string of the molecule is CC(=O)Nc1ccc(-c2ccccc2C)nc1. The topological polar surface area (TPSA) is 42.0 Å². The molecule has 0 saturated heterocycles. The van der Waals surface area contributed by atoms with Crippen molar-refractivity contribution in [1.29, 1.82) is 0 Å². The van der Waals surface area contributed by atoms with Crippen molar-refractivity contribution in [3.63, 3.8) is 0 Å². The predicted molar refractivity (Wildman–Crippen MR) is 68.7 cm³/mol. The maximum atomic E-state index is 10.9. The van der Waals surface area contributed by atoms with Gasteiger partial charge in [-0.25, -0.2) is 0 Å². The minimum Gasteiger partial charge on any atom is -0.325 e. The smallest absolute Gasteiger partial charge is 0.221 e. The van der Waals surface area contributed by atoms with E-state index in [4.69, 9.17) is 0 Å². The lowest BCUT2D eigenvalue weighted by Gasteiger charge is -2.06. The van der Waals surface area contributed by atoms with Gasteiger partial charge in [-0.2, -0.15) is 0 Å². The summed E-state index contributed by atoms with van der Waals surface area (Å²) in [6.45, 7) is 3.54. The van der Waals surface area contributed by atoms with Crippen molar-refractivity contribution in [2.75, 3.05) is 5.32 Å². The van der Waals surface area contributed by atoms with Gasteiger partial charge in [0.25, 0.3) is 0 Å². The number of benzene rings is 1. The van der Waals surface area contributed by atoms with Crippen molar-refractivity contribution in [1.82, 2.24) is 4.98 Å². The zero-order valence-corrected chi connectivity index (χ0v) is 9.90. The molecule has 86 valence electrons. The normalized spacial score (nSPS) is 10.0. The number of pyridine rings is 1. The van der Waals surface area contributed by atoms with E-state index in [1.807, 2.05) is 30.3 Å². The standard InChI is InChI=1S/C14H14N2O/c1-10-5-3-4-6-13(10)14-8-7-12(9-15-14)16-11(2)17/h3-9H,1-2H3,(H,16,17). The Balaban J connectivity index is 2.30. The first-order valence-electron chi connectivity index (χ1n) is 5.46. The number of amides is 1. The van der Waals surface area contributed by atoms with Crippen LogP contribution in [0.4, 0.5) is 5.69 Å². The molecule has 0 atom stereocenters. The van der Waals surface area contributed by atoms with Crippen LogP contribution < -0.4 is 5.32 Å². The molecule has 0 spiro atoms. The summed E-state index contributed by atoms with van der Waals surface area (Å²) in [6, 6.07) is 11.9. The van der Waals surface area contributed by atoms with Crippen molar-refractivity contribution in [3.05, 3.63) is 48.2 Å². The zero-order chi connectivity index (χ0) is 12.3. The highest BCUT2D eigenvalue weighted by Crippen LogP contribution is 2.21. The zero-order valence-electron chi connectivity index (χ0n) is 9.90. The number of anilines is 1.